The predicted octanol–water partition coefficient (Wildman–Crippen LogP) is 2.93. The zero-order chi connectivity index (χ0) is 11.8. The quantitative estimate of drug-likeness (QED) is 0.344. The minimum absolute atomic E-state index is 0.187. The first-order chi connectivity index (χ1) is 7.77. The van der Waals surface area contributed by atoms with Crippen LogP contribution in [0.3, 0.4) is 0 Å². The van der Waals surface area contributed by atoms with Gasteiger partial charge in [-0.1, -0.05) is 43.3 Å². The molecule has 1 aromatic rings. The Kier molecular flexibility index (Phi) is 5.88. The fourth-order valence-corrected chi connectivity index (χ4v) is 2.30. The molecule has 0 heterocycles. The second-order valence-corrected chi connectivity index (χ2v) is 4.60. The Hall–Kier alpha value is -1.07. The molecule has 88 valence electrons. The lowest BCUT2D eigenvalue weighted by Crippen LogP contribution is -2.33. The fraction of sp³-hybridized carbons (Fsp3) is 0.455. The van der Waals surface area contributed by atoms with Crippen molar-refractivity contribution in [3.63, 3.8) is 0 Å². The van der Waals surface area contributed by atoms with Gasteiger partial charge in [-0.15, -0.1) is 4.91 Å². The number of nitrogens with zero attached hydrogens (tertiary/aromatic N) is 1. The van der Waals surface area contributed by atoms with Crippen LogP contribution in [0.1, 0.15) is 19.8 Å². The molecule has 4 nitrogen and oxygen atoms in total. The molecule has 0 fully saturated rings. The van der Waals surface area contributed by atoms with Crippen molar-refractivity contribution in [1.29, 1.82) is 0 Å². The van der Waals surface area contributed by atoms with E-state index >= 15 is 0 Å². The molecule has 2 N–H and O–H groups in total. The lowest BCUT2D eigenvalue weighted by molar-refractivity contribution is 0.0966. The summed E-state index contributed by atoms with van der Waals surface area (Å²) >= 11 is 1.42. The van der Waals surface area contributed by atoms with E-state index in [9.17, 15) is 4.91 Å². The largest absolute Gasteiger partial charge is 0.348 e. The van der Waals surface area contributed by atoms with Gasteiger partial charge in [0.05, 0.1) is 6.04 Å². The Labute approximate surface area is 99.5 Å². The average molecular weight is 240 g/mol. The van der Waals surface area contributed by atoms with E-state index in [2.05, 4.69) is 5.34 Å². The Balaban J connectivity index is 2.60. The third-order valence-corrected chi connectivity index (χ3v) is 3.33. The van der Waals surface area contributed by atoms with Crippen molar-refractivity contribution in [2.45, 2.75) is 36.1 Å². The van der Waals surface area contributed by atoms with E-state index in [-0.39, 0.29) is 6.04 Å². The van der Waals surface area contributed by atoms with Crippen molar-refractivity contribution in [1.82, 2.24) is 0 Å². The van der Waals surface area contributed by atoms with Crippen LogP contribution in [0.25, 0.3) is 0 Å². The molecule has 0 aliphatic carbocycles. The van der Waals surface area contributed by atoms with Crippen molar-refractivity contribution in [3.8, 4) is 0 Å². The highest BCUT2D eigenvalue weighted by molar-refractivity contribution is 7.99. The average Bonchev–Trinajstić information content (AvgIpc) is 2.30. The minimum atomic E-state index is -0.417. The maximum absolute atomic E-state index is 10.2. The van der Waals surface area contributed by atoms with Gasteiger partial charge in [0.2, 0.25) is 0 Å². The summed E-state index contributed by atoms with van der Waals surface area (Å²) in [6.07, 6.45) is 1.76. The fourth-order valence-electron chi connectivity index (χ4n) is 1.33. The summed E-state index contributed by atoms with van der Waals surface area (Å²) in [7, 11) is 0. The first-order valence-corrected chi connectivity index (χ1v) is 6.11. The molecule has 0 saturated heterocycles. The zero-order valence-corrected chi connectivity index (χ0v) is 10.0. The standard InChI is InChI=1S/C11H16N2O2S/c1-2-6-10(12)11(15-13-14)16-9-7-4-3-5-8-9/h3-5,7-8,10-11H,2,6,12H2,1H3. The van der Waals surface area contributed by atoms with Crippen molar-refractivity contribution in [2.24, 2.45) is 11.1 Å². The number of hydrogen-bond acceptors (Lipinski definition) is 5. The van der Waals surface area contributed by atoms with Gasteiger partial charge in [0, 0.05) is 4.90 Å². The lowest BCUT2D eigenvalue weighted by atomic mass is 10.2. The van der Waals surface area contributed by atoms with Crippen molar-refractivity contribution in [2.75, 3.05) is 0 Å². The third kappa shape index (κ3) is 4.20. The molecule has 0 bridgehead atoms. The Morgan fingerprint density at radius 3 is 2.69 bits per heavy atom. The highest BCUT2D eigenvalue weighted by atomic mass is 32.2. The Bertz CT molecular complexity index is 308. The van der Waals surface area contributed by atoms with Crippen LogP contribution in [-0.4, -0.2) is 11.5 Å². The van der Waals surface area contributed by atoms with E-state index < -0.39 is 5.44 Å². The molecule has 1 aromatic carbocycles. The van der Waals surface area contributed by atoms with E-state index in [0.29, 0.717) is 0 Å². The summed E-state index contributed by atoms with van der Waals surface area (Å²) in [4.78, 5) is 16.0. The van der Waals surface area contributed by atoms with Crippen LogP contribution in [0.15, 0.2) is 40.6 Å². The van der Waals surface area contributed by atoms with Crippen molar-refractivity contribution in [3.05, 3.63) is 35.2 Å². The molecule has 0 radical (unpaired) electrons. The second kappa shape index (κ2) is 7.24. The van der Waals surface area contributed by atoms with Gasteiger partial charge in [-0.2, -0.15) is 0 Å². The van der Waals surface area contributed by atoms with Crippen LogP contribution < -0.4 is 5.73 Å². The number of hydrogen-bond donors (Lipinski definition) is 1. The first kappa shape index (κ1) is 13.0. The van der Waals surface area contributed by atoms with E-state index in [1.807, 2.05) is 37.3 Å². The van der Waals surface area contributed by atoms with Gasteiger partial charge in [0.25, 0.3) is 0 Å². The summed E-state index contributed by atoms with van der Waals surface area (Å²) < 4.78 is 0. The molecule has 0 aromatic heterocycles. The van der Waals surface area contributed by atoms with Crippen LogP contribution >= 0.6 is 11.8 Å². The minimum Gasteiger partial charge on any atom is -0.348 e. The monoisotopic (exact) mass is 240 g/mol. The maximum Gasteiger partial charge on any atom is 0.195 e. The van der Waals surface area contributed by atoms with Crippen molar-refractivity contribution >= 4 is 11.8 Å². The van der Waals surface area contributed by atoms with E-state index in [1.165, 1.54) is 11.8 Å². The SMILES string of the molecule is CCCC(N)C(ON=O)Sc1ccccc1. The summed E-state index contributed by atoms with van der Waals surface area (Å²) in [5.74, 6) is 0. The molecule has 0 aliphatic heterocycles. The molecule has 0 amide bonds. The van der Waals surface area contributed by atoms with Crippen LogP contribution in [0.4, 0.5) is 0 Å². The van der Waals surface area contributed by atoms with E-state index in [4.69, 9.17) is 10.6 Å². The first-order valence-electron chi connectivity index (χ1n) is 5.23. The third-order valence-electron chi connectivity index (χ3n) is 2.11. The number of thioether (sulfide) groups is 1. The van der Waals surface area contributed by atoms with Gasteiger partial charge in [-0.05, 0) is 18.6 Å². The number of benzene rings is 1. The molecule has 16 heavy (non-hydrogen) atoms. The summed E-state index contributed by atoms with van der Waals surface area (Å²) in [5, 5.41) is 2.48. The lowest BCUT2D eigenvalue weighted by Gasteiger charge is -2.19. The van der Waals surface area contributed by atoms with Gasteiger partial charge in [-0.25, -0.2) is 0 Å². The maximum atomic E-state index is 10.2. The topological polar surface area (TPSA) is 64.7 Å². The van der Waals surface area contributed by atoms with Crippen LogP contribution in [0.5, 0.6) is 0 Å². The molecule has 2 atom stereocenters. The molecule has 0 aliphatic rings. The van der Waals surface area contributed by atoms with Gasteiger partial charge in [0.1, 0.15) is 0 Å². The Morgan fingerprint density at radius 2 is 2.12 bits per heavy atom. The molecule has 2 unspecified atom stereocenters. The molecule has 0 saturated carbocycles. The van der Waals surface area contributed by atoms with Crippen LogP contribution in [0.2, 0.25) is 0 Å². The van der Waals surface area contributed by atoms with Crippen LogP contribution in [0, 0.1) is 4.91 Å². The number of nitrogens with two attached hydrogens (primary N) is 1. The predicted molar refractivity (Wildman–Crippen MR) is 65.9 cm³/mol. The highest BCUT2D eigenvalue weighted by Crippen LogP contribution is 2.26. The summed E-state index contributed by atoms with van der Waals surface area (Å²) in [6.45, 7) is 2.04. The van der Waals surface area contributed by atoms with Gasteiger partial charge in [0.15, 0.2) is 10.8 Å². The van der Waals surface area contributed by atoms with Crippen LogP contribution in [-0.2, 0) is 4.84 Å². The second-order valence-electron chi connectivity index (χ2n) is 3.43. The molecule has 5 heteroatoms. The normalized spacial score (nSPS) is 14.1. The van der Waals surface area contributed by atoms with Crippen molar-refractivity contribution < 1.29 is 4.84 Å². The van der Waals surface area contributed by atoms with Gasteiger partial charge >= 0.3 is 0 Å². The molecular formula is C11H16N2O2S. The molecular weight excluding hydrogens is 224 g/mol. The number of rotatable bonds is 7. The van der Waals surface area contributed by atoms with E-state index in [1.54, 1.807) is 0 Å². The smallest absolute Gasteiger partial charge is 0.195 e. The molecule has 0 spiro atoms. The van der Waals surface area contributed by atoms with Gasteiger partial charge in [-0.3, -0.25) is 0 Å². The molecule has 1 rings (SSSR count). The Morgan fingerprint density at radius 1 is 1.44 bits per heavy atom. The summed E-state index contributed by atoms with van der Waals surface area (Å²) in [5.41, 5.74) is 5.50. The van der Waals surface area contributed by atoms with Gasteiger partial charge < -0.3 is 10.6 Å². The summed E-state index contributed by atoms with van der Waals surface area (Å²) in [6, 6.07) is 9.50. The van der Waals surface area contributed by atoms with E-state index in [0.717, 1.165) is 17.7 Å². The highest BCUT2D eigenvalue weighted by Gasteiger charge is 2.20. The zero-order valence-electron chi connectivity index (χ0n) is 9.20.